The Kier molecular flexibility index (Phi) is 12.8. The monoisotopic (exact) mass is 884 g/mol. The molecule has 0 saturated carbocycles. The third kappa shape index (κ3) is 8.51. The molecule has 0 saturated heterocycles. The fourth-order valence-corrected chi connectivity index (χ4v) is 8.24. The fourth-order valence-electron chi connectivity index (χ4n) is 8.24. The summed E-state index contributed by atoms with van der Waals surface area (Å²) in [7, 11) is 9.17. The van der Waals surface area contributed by atoms with Crippen LogP contribution in [0.5, 0.6) is 57.5 Å². The van der Waals surface area contributed by atoms with Crippen LogP contribution in [0.3, 0.4) is 0 Å². The fraction of sp³-hybridized carbons (Fsp3) is 0.148. The largest absolute Gasteiger partial charge is 0.495 e. The molecule has 2 amide bonds. The molecule has 0 fully saturated rings. The molecular formula is C54H48N2O10. The molecule has 0 aliphatic heterocycles. The molecule has 2 N–H and O–H groups in total. The van der Waals surface area contributed by atoms with Crippen LogP contribution in [0.1, 0.15) is 31.8 Å². The smallest absolute Gasteiger partial charge is 0.260 e. The highest BCUT2D eigenvalue weighted by molar-refractivity contribution is 6.20. The minimum absolute atomic E-state index is 0.248. The summed E-state index contributed by atoms with van der Waals surface area (Å²) in [5.74, 6) is 3.84. The van der Waals surface area contributed by atoms with E-state index in [4.69, 9.17) is 37.9 Å². The van der Waals surface area contributed by atoms with Gasteiger partial charge in [-0.05, 0) is 122 Å². The van der Waals surface area contributed by atoms with Crippen LogP contribution in [0.2, 0.25) is 0 Å². The van der Waals surface area contributed by atoms with Crippen LogP contribution in [0.4, 0.5) is 11.4 Å². The summed E-state index contributed by atoms with van der Waals surface area (Å²) < 4.78 is 47.9. The van der Waals surface area contributed by atoms with Crippen molar-refractivity contribution in [2.24, 2.45) is 0 Å². The molecule has 12 heteroatoms. The number of nitrogens with one attached hydrogen (secondary N) is 2. The van der Waals surface area contributed by atoms with Crippen molar-refractivity contribution < 1.29 is 47.5 Å². The number of carbonyl (C=O) groups excluding carboxylic acids is 2. The Morgan fingerprint density at radius 1 is 0.379 bits per heavy atom. The molecule has 0 aliphatic carbocycles. The lowest BCUT2D eigenvalue weighted by Gasteiger charge is -2.24. The Hall–Kier alpha value is -8.38. The first-order chi connectivity index (χ1) is 32.1. The van der Waals surface area contributed by atoms with Gasteiger partial charge < -0.3 is 48.5 Å². The number of anilines is 2. The zero-order valence-electron chi connectivity index (χ0n) is 37.8. The van der Waals surface area contributed by atoms with Crippen molar-refractivity contribution in [3.8, 4) is 68.6 Å². The first-order valence-electron chi connectivity index (χ1n) is 20.9. The number of aryl methyl sites for hydroxylation is 2. The normalized spacial score (nSPS) is 10.8. The molecule has 8 aromatic carbocycles. The highest BCUT2D eigenvalue weighted by Crippen LogP contribution is 2.52. The zero-order valence-corrected chi connectivity index (χ0v) is 37.8. The molecule has 0 radical (unpaired) electrons. The molecule has 0 atom stereocenters. The second-order valence-electron chi connectivity index (χ2n) is 15.2. The summed E-state index contributed by atoms with van der Waals surface area (Å²) in [6.07, 6.45) is 0. The number of rotatable bonds is 15. The Morgan fingerprint density at radius 2 is 0.712 bits per heavy atom. The number of para-hydroxylation sites is 2. The molecular weight excluding hydrogens is 837 g/mol. The average Bonchev–Trinajstić information content (AvgIpc) is 3.33. The second-order valence-corrected chi connectivity index (χ2v) is 15.2. The van der Waals surface area contributed by atoms with Crippen molar-refractivity contribution in [3.63, 3.8) is 0 Å². The standard InChI is InChI=1S/C54H48N2O10/c1-31-27-39-41(29-43(59-3)51(63-7)47(39)53(57)55-33-19-23-37(24-20-33)65-35-15-11-9-12-16-35)49(61-5)45(31)46-32(2)28-40-42(50(46)62-6)30-44(60-4)52(64-8)48(40)54(58)56-34-21-25-38(26-22-34)66-36-17-13-10-14-18-36/h9-30H,1-8H3,(H,55,57)(H,56,58). The predicted octanol–water partition coefficient (Wildman–Crippen LogP) is 12.4. The molecule has 0 aromatic heterocycles. The summed E-state index contributed by atoms with van der Waals surface area (Å²) in [4.78, 5) is 28.8. The van der Waals surface area contributed by atoms with Gasteiger partial charge in [0.05, 0.1) is 53.8 Å². The number of carbonyl (C=O) groups is 2. The lowest BCUT2D eigenvalue weighted by Crippen LogP contribution is -2.15. The van der Waals surface area contributed by atoms with Crippen LogP contribution in [0.25, 0.3) is 32.7 Å². The topological polar surface area (TPSA) is 132 Å². The maximum atomic E-state index is 14.4. The van der Waals surface area contributed by atoms with Crippen LogP contribution < -0.4 is 48.5 Å². The maximum Gasteiger partial charge on any atom is 0.260 e. The number of fused-ring (bicyclic) bond motifs is 2. The van der Waals surface area contributed by atoms with E-state index in [1.165, 1.54) is 28.4 Å². The lowest BCUT2D eigenvalue weighted by molar-refractivity contribution is 0.101. The summed E-state index contributed by atoms with van der Waals surface area (Å²) in [6.45, 7) is 3.88. The van der Waals surface area contributed by atoms with E-state index in [1.807, 2.05) is 86.6 Å². The predicted molar refractivity (Wildman–Crippen MR) is 257 cm³/mol. The summed E-state index contributed by atoms with van der Waals surface area (Å²) >= 11 is 0. The Bertz CT molecular complexity index is 2870. The van der Waals surface area contributed by atoms with Gasteiger partial charge in [0.2, 0.25) is 0 Å². The van der Waals surface area contributed by atoms with Crippen molar-refractivity contribution >= 4 is 44.7 Å². The first-order valence-corrected chi connectivity index (χ1v) is 20.9. The SMILES string of the molecule is COc1cc2c(OC)c(-c3c(C)cc4c(C(=O)Nc5ccc(Oc6ccccc6)cc5)c(OC)c(OC)cc4c3OC)c(C)cc2c(C(=O)Nc2ccc(Oc3ccccc3)cc2)c1OC. The molecule has 0 aliphatic rings. The van der Waals surface area contributed by atoms with Crippen molar-refractivity contribution in [1.29, 1.82) is 0 Å². The Labute approximate surface area is 382 Å². The lowest BCUT2D eigenvalue weighted by atomic mass is 9.87. The highest BCUT2D eigenvalue weighted by Gasteiger charge is 2.30. The Morgan fingerprint density at radius 3 is 1.03 bits per heavy atom. The van der Waals surface area contributed by atoms with E-state index in [0.717, 1.165) is 11.1 Å². The van der Waals surface area contributed by atoms with Crippen molar-refractivity contribution in [1.82, 2.24) is 0 Å². The summed E-state index contributed by atoms with van der Waals surface area (Å²) in [6, 6.07) is 40.5. The number of methoxy groups -OCH3 is 6. The average molecular weight is 885 g/mol. The molecule has 0 heterocycles. The van der Waals surface area contributed by atoms with Gasteiger partial charge in [0.25, 0.3) is 11.8 Å². The van der Waals surface area contributed by atoms with Crippen LogP contribution in [-0.4, -0.2) is 54.5 Å². The van der Waals surface area contributed by atoms with E-state index in [1.54, 1.807) is 74.9 Å². The molecule has 12 nitrogen and oxygen atoms in total. The number of ether oxygens (including phenoxy) is 8. The van der Waals surface area contributed by atoms with E-state index in [0.29, 0.717) is 90.0 Å². The van der Waals surface area contributed by atoms with Gasteiger partial charge in [0.15, 0.2) is 23.0 Å². The number of benzene rings is 8. The van der Waals surface area contributed by atoms with E-state index >= 15 is 0 Å². The Balaban J connectivity index is 1.22. The summed E-state index contributed by atoms with van der Waals surface area (Å²) in [5, 5.41) is 8.35. The molecule has 0 bridgehead atoms. The van der Waals surface area contributed by atoms with Crippen molar-refractivity contribution in [3.05, 3.63) is 156 Å². The second kappa shape index (κ2) is 19.2. The van der Waals surface area contributed by atoms with Gasteiger partial charge in [-0.2, -0.15) is 0 Å². The van der Waals surface area contributed by atoms with Crippen LogP contribution in [0, 0.1) is 13.8 Å². The molecule has 0 spiro atoms. The first kappa shape index (κ1) is 44.2. The minimum Gasteiger partial charge on any atom is -0.495 e. The van der Waals surface area contributed by atoms with Gasteiger partial charge in [-0.25, -0.2) is 0 Å². The van der Waals surface area contributed by atoms with E-state index in [9.17, 15) is 9.59 Å². The van der Waals surface area contributed by atoms with Crippen LogP contribution in [-0.2, 0) is 0 Å². The molecule has 334 valence electrons. The highest BCUT2D eigenvalue weighted by atomic mass is 16.5. The van der Waals surface area contributed by atoms with Crippen LogP contribution in [0.15, 0.2) is 133 Å². The quantitative estimate of drug-likeness (QED) is 0.103. The van der Waals surface area contributed by atoms with E-state index in [2.05, 4.69) is 10.6 Å². The summed E-state index contributed by atoms with van der Waals surface area (Å²) in [5.41, 5.74) is 4.52. The van der Waals surface area contributed by atoms with E-state index in [-0.39, 0.29) is 22.6 Å². The van der Waals surface area contributed by atoms with Gasteiger partial charge in [0, 0.05) is 44.0 Å². The number of amides is 2. The molecule has 8 rings (SSSR count). The number of hydrogen-bond donors (Lipinski definition) is 2. The molecule has 66 heavy (non-hydrogen) atoms. The van der Waals surface area contributed by atoms with Gasteiger partial charge in [-0.15, -0.1) is 0 Å². The maximum absolute atomic E-state index is 14.4. The van der Waals surface area contributed by atoms with Gasteiger partial charge >= 0.3 is 0 Å². The van der Waals surface area contributed by atoms with Crippen LogP contribution >= 0.6 is 0 Å². The zero-order chi connectivity index (χ0) is 46.5. The number of hydrogen-bond acceptors (Lipinski definition) is 10. The molecule has 0 unspecified atom stereocenters. The minimum atomic E-state index is -0.426. The van der Waals surface area contributed by atoms with Gasteiger partial charge in [0.1, 0.15) is 34.5 Å². The van der Waals surface area contributed by atoms with E-state index < -0.39 is 11.8 Å². The van der Waals surface area contributed by atoms with Crippen molar-refractivity contribution in [2.45, 2.75) is 13.8 Å². The van der Waals surface area contributed by atoms with Gasteiger partial charge in [-0.1, -0.05) is 36.4 Å². The third-order valence-electron chi connectivity index (χ3n) is 11.2. The third-order valence-corrected chi connectivity index (χ3v) is 11.2. The van der Waals surface area contributed by atoms with Gasteiger partial charge in [-0.3, -0.25) is 9.59 Å². The molecule has 8 aromatic rings. The van der Waals surface area contributed by atoms with Crippen molar-refractivity contribution in [2.75, 3.05) is 53.3 Å².